The van der Waals surface area contributed by atoms with Gasteiger partial charge in [-0.25, -0.2) is 0 Å². The van der Waals surface area contributed by atoms with Gasteiger partial charge in [0.25, 0.3) is 0 Å². The maximum absolute atomic E-state index is 5.72. The average molecular weight is 186 g/mol. The van der Waals surface area contributed by atoms with Crippen LogP contribution in [0.3, 0.4) is 0 Å². The molecule has 1 aliphatic heterocycles. The van der Waals surface area contributed by atoms with E-state index in [-0.39, 0.29) is 0 Å². The summed E-state index contributed by atoms with van der Waals surface area (Å²) in [6.45, 7) is 4.02. The first-order valence-corrected chi connectivity index (χ1v) is 5.19. The smallest absolute Gasteiger partial charge is 0.182 e. The molecule has 0 bridgehead atoms. The predicted molar refractivity (Wildman–Crippen MR) is 58.3 cm³/mol. The number of nitrogens with zero attached hydrogens (tertiary/aromatic N) is 2. The van der Waals surface area contributed by atoms with Gasteiger partial charge in [0.2, 0.25) is 0 Å². The van der Waals surface area contributed by atoms with Gasteiger partial charge in [-0.15, -0.1) is 0 Å². The van der Waals surface area contributed by atoms with E-state index in [0.717, 1.165) is 31.6 Å². The van der Waals surface area contributed by atoms with Crippen molar-refractivity contribution in [2.75, 3.05) is 13.1 Å². The largest absolute Gasteiger partial charge is 0.353 e. The Labute approximate surface area is 86.8 Å². The van der Waals surface area contributed by atoms with Crippen LogP contribution < -0.4 is 0 Å². The Morgan fingerprint density at radius 2 is 2.07 bits per heavy atom. The van der Waals surface area contributed by atoms with Gasteiger partial charge in [0.15, 0.2) is 7.98 Å². The second-order valence-electron chi connectivity index (χ2n) is 4.01. The fourth-order valence-corrected chi connectivity index (χ4v) is 1.99. The molecule has 1 aliphatic rings. The van der Waals surface area contributed by atoms with Gasteiger partial charge >= 0.3 is 0 Å². The summed E-state index contributed by atoms with van der Waals surface area (Å²) in [7, 11) is 5.72. The van der Waals surface area contributed by atoms with Crippen LogP contribution in [0.25, 0.3) is 0 Å². The van der Waals surface area contributed by atoms with Crippen molar-refractivity contribution in [2.45, 2.75) is 25.7 Å². The molecule has 1 aromatic rings. The number of pyridine rings is 1. The van der Waals surface area contributed by atoms with Crippen LogP contribution in [0, 0.1) is 6.92 Å². The van der Waals surface area contributed by atoms with Crippen molar-refractivity contribution in [1.82, 2.24) is 9.79 Å². The molecule has 0 aromatic carbocycles. The van der Waals surface area contributed by atoms with Gasteiger partial charge in [0.05, 0.1) is 0 Å². The van der Waals surface area contributed by atoms with Crippen LogP contribution in [0.15, 0.2) is 18.2 Å². The summed E-state index contributed by atoms with van der Waals surface area (Å²) in [5.41, 5.74) is 2.34. The third-order valence-electron chi connectivity index (χ3n) is 2.86. The number of rotatable bonds is 1. The van der Waals surface area contributed by atoms with Crippen molar-refractivity contribution >= 4 is 7.98 Å². The molecule has 3 heteroatoms. The van der Waals surface area contributed by atoms with Gasteiger partial charge in [-0.1, -0.05) is 6.07 Å². The SMILES string of the molecule is [B]N1CCC(c2cccc(C)n2)CC1. The monoisotopic (exact) mass is 186 g/mol. The molecule has 1 aromatic heterocycles. The Morgan fingerprint density at radius 1 is 1.36 bits per heavy atom. The normalized spacial score (nSPS) is 19.8. The lowest BCUT2D eigenvalue weighted by Crippen LogP contribution is -2.30. The van der Waals surface area contributed by atoms with Gasteiger partial charge < -0.3 is 4.81 Å². The Bertz CT molecular complexity index is 306. The first-order valence-electron chi connectivity index (χ1n) is 5.19. The zero-order chi connectivity index (χ0) is 9.97. The second kappa shape index (κ2) is 4.14. The quantitative estimate of drug-likeness (QED) is 0.620. The summed E-state index contributed by atoms with van der Waals surface area (Å²) in [5.74, 6) is 0.606. The molecule has 0 unspecified atom stereocenters. The molecule has 2 rings (SSSR count). The third-order valence-corrected chi connectivity index (χ3v) is 2.86. The van der Waals surface area contributed by atoms with Crippen molar-refractivity contribution in [3.05, 3.63) is 29.6 Å². The van der Waals surface area contributed by atoms with Crippen molar-refractivity contribution in [1.29, 1.82) is 0 Å². The van der Waals surface area contributed by atoms with E-state index >= 15 is 0 Å². The van der Waals surface area contributed by atoms with E-state index in [4.69, 9.17) is 7.98 Å². The summed E-state index contributed by atoms with van der Waals surface area (Å²) in [6, 6.07) is 6.26. The van der Waals surface area contributed by atoms with Crippen LogP contribution >= 0.6 is 0 Å². The summed E-state index contributed by atoms with van der Waals surface area (Å²) < 4.78 is 0. The second-order valence-corrected chi connectivity index (χ2v) is 4.01. The highest BCUT2D eigenvalue weighted by molar-refractivity contribution is 6.04. The van der Waals surface area contributed by atoms with Gasteiger partial charge in [0.1, 0.15) is 0 Å². The van der Waals surface area contributed by atoms with E-state index in [1.54, 1.807) is 0 Å². The Hall–Kier alpha value is -0.825. The minimum atomic E-state index is 0.606. The molecule has 0 atom stereocenters. The van der Waals surface area contributed by atoms with Crippen LogP contribution in [-0.2, 0) is 0 Å². The first-order chi connectivity index (χ1) is 6.75. The summed E-state index contributed by atoms with van der Waals surface area (Å²) in [5, 5.41) is 0. The van der Waals surface area contributed by atoms with E-state index < -0.39 is 0 Å². The van der Waals surface area contributed by atoms with Crippen molar-refractivity contribution in [3.8, 4) is 0 Å². The molecule has 2 radical (unpaired) electrons. The maximum atomic E-state index is 5.72. The highest BCUT2D eigenvalue weighted by atomic mass is 15.0. The molecule has 0 aliphatic carbocycles. The maximum Gasteiger partial charge on any atom is 0.182 e. The topological polar surface area (TPSA) is 16.1 Å². The number of hydrogen-bond donors (Lipinski definition) is 0. The Balaban J connectivity index is 2.08. The standard InChI is InChI=1S/C11H15BN2/c1-9-3-2-4-11(13-9)10-5-7-14(12)8-6-10/h2-4,10H,5-8H2,1H3. The van der Waals surface area contributed by atoms with Crippen LogP contribution in [0.5, 0.6) is 0 Å². The van der Waals surface area contributed by atoms with Crippen LogP contribution in [-0.4, -0.2) is 30.9 Å². The van der Waals surface area contributed by atoms with Crippen molar-refractivity contribution in [2.24, 2.45) is 0 Å². The lowest BCUT2D eigenvalue weighted by atomic mass is 9.91. The highest BCUT2D eigenvalue weighted by Crippen LogP contribution is 2.25. The van der Waals surface area contributed by atoms with E-state index in [2.05, 4.69) is 17.1 Å². The summed E-state index contributed by atoms with van der Waals surface area (Å²) in [6.07, 6.45) is 2.26. The minimum Gasteiger partial charge on any atom is -0.353 e. The molecule has 72 valence electrons. The van der Waals surface area contributed by atoms with Crippen LogP contribution in [0.1, 0.15) is 30.1 Å². The molecule has 14 heavy (non-hydrogen) atoms. The molecule has 2 heterocycles. The fourth-order valence-electron chi connectivity index (χ4n) is 1.99. The van der Waals surface area contributed by atoms with Crippen LogP contribution in [0.2, 0.25) is 0 Å². The zero-order valence-corrected chi connectivity index (χ0v) is 8.61. The first kappa shape index (κ1) is 9.72. The van der Waals surface area contributed by atoms with E-state index in [9.17, 15) is 0 Å². The van der Waals surface area contributed by atoms with E-state index in [0.29, 0.717) is 5.92 Å². The minimum absolute atomic E-state index is 0.606. The fraction of sp³-hybridized carbons (Fsp3) is 0.545. The molecule has 1 saturated heterocycles. The molecule has 0 amide bonds. The van der Waals surface area contributed by atoms with Gasteiger partial charge in [-0.2, -0.15) is 0 Å². The average Bonchev–Trinajstić information content (AvgIpc) is 2.19. The van der Waals surface area contributed by atoms with Crippen molar-refractivity contribution < 1.29 is 0 Å². The van der Waals surface area contributed by atoms with E-state index in [1.165, 1.54) is 5.69 Å². The van der Waals surface area contributed by atoms with Gasteiger partial charge in [0, 0.05) is 17.3 Å². The van der Waals surface area contributed by atoms with Crippen molar-refractivity contribution in [3.63, 3.8) is 0 Å². The predicted octanol–water partition coefficient (Wildman–Crippen LogP) is 1.65. The molecular formula is C11H15BN2. The molecule has 0 N–H and O–H groups in total. The molecule has 0 saturated carbocycles. The van der Waals surface area contributed by atoms with E-state index in [1.807, 2.05) is 17.8 Å². The third kappa shape index (κ3) is 2.15. The number of aryl methyl sites for hydroxylation is 1. The number of aromatic nitrogens is 1. The molecule has 1 fully saturated rings. The number of hydrogen-bond acceptors (Lipinski definition) is 2. The molecular weight excluding hydrogens is 171 g/mol. The zero-order valence-electron chi connectivity index (χ0n) is 8.61. The summed E-state index contributed by atoms with van der Waals surface area (Å²) in [4.78, 5) is 6.46. The highest BCUT2D eigenvalue weighted by Gasteiger charge is 2.18. The van der Waals surface area contributed by atoms with Gasteiger partial charge in [-0.3, -0.25) is 4.98 Å². The Kier molecular flexibility index (Phi) is 2.87. The molecule has 2 nitrogen and oxygen atoms in total. The van der Waals surface area contributed by atoms with Gasteiger partial charge in [-0.05, 0) is 45.0 Å². The lowest BCUT2D eigenvalue weighted by Gasteiger charge is -2.29. The number of piperidine rings is 1. The lowest BCUT2D eigenvalue weighted by molar-refractivity contribution is 0.331. The summed E-state index contributed by atoms with van der Waals surface area (Å²) >= 11 is 0. The van der Waals surface area contributed by atoms with Crippen LogP contribution in [0.4, 0.5) is 0 Å². The molecule has 0 spiro atoms. The Morgan fingerprint density at radius 3 is 2.71 bits per heavy atom.